The molecule has 8 nitrogen and oxygen atoms in total. The predicted octanol–water partition coefficient (Wildman–Crippen LogP) is 20.6. The molecule has 0 radical (unpaired) electrons. The molecule has 0 N–H and O–H groups in total. The third-order valence-electron chi connectivity index (χ3n) is 17.5. The molecule has 89 heavy (non-hydrogen) atoms. The van der Waals surface area contributed by atoms with Crippen LogP contribution in [0, 0.1) is 73.0 Å². The number of fused-ring (bicyclic) bond motifs is 10. The molecule has 7 heterocycles. The molecule has 7 aromatic heterocycles. The molecule has 16 rings (SSSR count). The topological polar surface area (TPSA) is 147 Å². The molecule has 7 aromatic carbocycles. The molecule has 0 aliphatic heterocycles. The molecule has 0 atom stereocenters. The Bertz CT molecular complexity index is 5410. The van der Waals surface area contributed by atoms with Gasteiger partial charge in [-0.3, -0.25) is 0 Å². The Balaban J connectivity index is 0.913. The fraction of sp³-hybridized carbons (Fsp3) is 0.0811. The van der Waals surface area contributed by atoms with E-state index < -0.39 is 10.8 Å². The second-order valence-electron chi connectivity index (χ2n) is 22.6. The average molecular weight is 1270 g/mol. The average Bonchev–Trinajstić information content (AvgIpc) is 1.51. The second-order valence-corrected chi connectivity index (χ2v) is 29.0. The minimum absolute atomic E-state index is 0.0171. The highest BCUT2D eigenvalue weighted by molar-refractivity contribution is 7.33. The third kappa shape index (κ3) is 8.32. The molecule has 0 fully saturated rings. The van der Waals surface area contributed by atoms with Crippen LogP contribution in [0.4, 0.5) is 0 Å². The van der Waals surface area contributed by atoms with Crippen LogP contribution >= 0.6 is 80.1 Å². The van der Waals surface area contributed by atoms with Crippen LogP contribution in [-0.4, -0.2) is 17.5 Å². The summed E-state index contributed by atoms with van der Waals surface area (Å²) in [5.74, 6) is 0. The van der Waals surface area contributed by atoms with Gasteiger partial charge in [-0.15, -0.1) is 56.7 Å². The normalized spacial score (nSPS) is 13.1. The van der Waals surface area contributed by atoms with Crippen molar-refractivity contribution < 1.29 is 0 Å². The van der Waals surface area contributed by atoms with Crippen LogP contribution in [0.3, 0.4) is 0 Å². The maximum Gasteiger partial charge on any atom is 0.130 e. The Kier molecular flexibility index (Phi) is 12.9. The zero-order valence-electron chi connectivity index (χ0n) is 47.8. The van der Waals surface area contributed by atoms with Crippen molar-refractivity contribution >= 4 is 124 Å². The van der Waals surface area contributed by atoms with Gasteiger partial charge in [0, 0.05) is 71.5 Å². The van der Waals surface area contributed by atoms with Crippen molar-refractivity contribution in [1.29, 1.82) is 21.0 Å². The molecule has 420 valence electrons. The lowest BCUT2D eigenvalue weighted by Gasteiger charge is -2.35. The summed E-state index contributed by atoms with van der Waals surface area (Å²) in [6, 6.07) is 71.7. The van der Waals surface area contributed by atoms with E-state index in [2.05, 4.69) is 182 Å². The highest BCUT2D eigenvalue weighted by Gasteiger charge is 2.54. The number of thiophene rings is 5. The Morgan fingerprint density at radius 2 is 0.764 bits per heavy atom. The molecular weight excluding hydrogens is 1230 g/mol. The van der Waals surface area contributed by atoms with Crippen LogP contribution in [0.5, 0.6) is 0 Å². The first-order valence-electron chi connectivity index (χ1n) is 28.5. The van der Waals surface area contributed by atoms with Gasteiger partial charge in [-0.1, -0.05) is 144 Å². The molecule has 14 aromatic rings. The first-order valence-corrected chi connectivity index (χ1v) is 34.0. The summed E-state index contributed by atoms with van der Waals surface area (Å²) in [5.41, 5.74) is 22.1. The molecule has 0 saturated heterocycles. The van der Waals surface area contributed by atoms with Gasteiger partial charge in [-0.2, -0.15) is 38.5 Å². The van der Waals surface area contributed by atoms with E-state index in [0.717, 1.165) is 65.1 Å². The van der Waals surface area contributed by atoms with Gasteiger partial charge >= 0.3 is 0 Å². The summed E-state index contributed by atoms with van der Waals surface area (Å²) in [6.45, 7) is 8.68. The molecule has 0 amide bonds. The van der Waals surface area contributed by atoms with Crippen molar-refractivity contribution in [3.63, 3.8) is 0 Å². The summed E-state index contributed by atoms with van der Waals surface area (Å²) in [6.07, 6.45) is 3.17. The highest BCUT2D eigenvalue weighted by atomic mass is 32.1. The number of rotatable bonds is 10. The van der Waals surface area contributed by atoms with Crippen molar-refractivity contribution in [2.45, 2.75) is 38.5 Å². The number of benzene rings is 7. The molecule has 0 bridgehead atoms. The van der Waals surface area contributed by atoms with Crippen LogP contribution in [0.15, 0.2) is 181 Å². The molecule has 0 unspecified atom stereocenters. The van der Waals surface area contributed by atoms with Gasteiger partial charge in [0.25, 0.3) is 0 Å². The lowest BCUT2D eigenvalue weighted by Crippen LogP contribution is -2.30. The first kappa shape index (κ1) is 54.7. The zero-order chi connectivity index (χ0) is 60.4. The number of nitrogens with zero attached hydrogens (tertiary/aromatic N) is 8. The lowest BCUT2D eigenvalue weighted by molar-refractivity contribution is 0.762. The van der Waals surface area contributed by atoms with Crippen molar-refractivity contribution in [2.24, 2.45) is 0 Å². The van der Waals surface area contributed by atoms with E-state index in [1.54, 1.807) is 34.8 Å². The van der Waals surface area contributed by atoms with Crippen molar-refractivity contribution in [2.75, 3.05) is 0 Å². The first-order chi connectivity index (χ1) is 43.5. The minimum Gasteiger partial charge on any atom is -0.192 e. The van der Waals surface area contributed by atoms with E-state index in [1.807, 2.05) is 82.6 Å². The minimum atomic E-state index is -0.702. The standard InChI is InChI=1S/C74H42N8S7/c1-39-5-15-47(16-6-39)73(48-17-7-40(2)8-18-48)55-32-54-56(31-53(55)70-57(73)33-62(85-70)60-27-25-58(83-60)51-23-13-45(29-43(35-75)36-76)66-68(51)81-88-79-66)74(49-19-9-41(3)10-20-49,50-21-11-42(4)12-22-50)65-71(54)87-64-34-63(86-72(64)65)61-28-26-59(84-61)52-24-14-46(30-44(37-77)38-78)67-69(52)82-89-80-67/h5-34H,1-4H3. The van der Waals surface area contributed by atoms with Gasteiger partial charge in [0.1, 0.15) is 57.5 Å². The number of aryl methyl sites for hydroxylation is 4. The number of allylic oxidation sites excluding steroid dienone is 2. The van der Waals surface area contributed by atoms with E-state index in [0.29, 0.717) is 22.2 Å². The van der Waals surface area contributed by atoms with Crippen molar-refractivity contribution in [3.05, 3.63) is 259 Å². The van der Waals surface area contributed by atoms with Crippen LogP contribution in [0.25, 0.3) is 105 Å². The second kappa shape index (κ2) is 21.0. The Labute approximate surface area is 540 Å². The van der Waals surface area contributed by atoms with E-state index >= 15 is 0 Å². The number of hydrogen-bond acceptors (Lipinski definition) is 15. The van der Waals surface area contributed by atoms with Crippen molar-refractivity contribution in [3.8, 4) is 85.5 Å². The fourth-order valence-electron chi connectivity index (χ4n) is 13.3. The van der Waals surface area contributed by atoms with Crippen LogP contribution in [0.1, 0.15) is 77.9 Å². The SMILES string of the molecule is Cc1ccc(C2(c3ccc(C)cc3)c3cc4c(cc3-c3sc(-c5ccc(-c6ccc(C=C(C#N)C#N)c7nsnc67)s5)cc32)C(c2ccc(C)cc2)(c2ccc(C)cc2)c2c-4sc3cc(-c4ccc(-c5ccc(C=C(C#N)C#N)c6nsnc56)s4)sc23)cc1. The zero-order valence-corrected chi connectivity index (χ0v) is 53.5. The quantitative estimate of drug-likeness (QED) is 0.123. The van der Waals surface area contributed by atoms with E-state index in [9.17, 15) is 21.0 Å². The Hall–Kier alpha value is -9.62. The largest absolute Gasteiger partial charge is 0.192 e. The van der Waals surface area contributed by atoms with Gasteiger partial charge in [-0.25, -0.2) is 0 Å². The van der Waals surface area contributed by atoms with E-state index in [1.165, 1.54) is 107 Å². The number of aromatic nitrogens is 4. The van der Waals surface area contributed by atoms with Gasteiger partial charge in [0.15, 0.2) is 0 Å². The van der Waals surface area contributed by atoms with Gasteiger partial charge in [0.05, 0.1) is 39.0 Å². The Morgan fingerprint density at radius 1 is 0.360 bits per heavy atom. The Morgan fingerprint density at radius 3 is 1.22 bits per heavy atom. The number of nitriles is 4. The highest BCUT2D eigenvalue weighted by Crippen LogP contribution is 2.67. The third-order valence-corrected chi connectivity index (χ3v) is 24.8. The summed E-state index contributed by atoms with van der Waals surface area (Å²) in [5, 5.41) is 38.3. The monoisotopic (exact) mass is 1270 g/mol. The van der Waals surface area contributed by atoms with Gasteiger partial charge in [0.2, 0.25) is 0 Å². The van der Waals surface area contributed by atoms with E-state index in [-0.39, 0.29) is 11.1 Å². The summed E-state index contributed by atoms with van der Waals surface area (Å²) in [4.78, 5) is 9.35. The molecule has 0 saturated carbocycles. The maximum absolute atomic E-state index is 9.59. The molecular formula is C74H42N8S7. The van der Waals surface area contributed by atoms with Gasteiger partial charge in [-0.05, 0) is 138 Å². The van der Waals surface area contributed by atoms with Crippen molar-refractivity contribution in [1.82, 2.24) is 17.5 Å². The summed E-state index contributed by atoms with van der Waals surface area (Å²) < 4.78 is 21.3. The molecule has 0 spiro atoms. The van der Waals surface area contributed by atoms with Crippen LogP contribution in [0.2, 0.25) is 0 Å². The molecule has 2 aliphatic rings. The number of hydrogen-bond donors (Lipinski definition) is 0. The molecule has 2 aliphatic carbocycles. The smallest absolute Gasteiger partial charge is 0.130 e. The molecule has 15 heteroatoms. The summed E-state index contributed by atoms with van der Waals surface area (Å²) >= 11 is 11.4. The fourth-order valence-corrected chi connectivity index (χ4v) is 20.7. The maximum atomic E-state index is 9.59. The van der Waals surface area contributed by atoms with Crippen LogP contribution in [-0.2, 0) is 10.8 Å². The van der Waals surface area contributed by atoms with Gasteiger partial charge < -0.3 is 0 Å². The van der Waals surface area contributed by atoms with E-state index in [4.69, 9.17) is 8.75 Å². The lowest BCUT2D eigenvalue weighted by atomic mass is 9.65. The summed E-state index contributed by atoms with van der Waals surface area (Å²) in [7, 11) is 0. The predicted molar refractivity (Wildman–Crippen MR) is 369 cm³/mol. The van der Waals surface area contributed by atoms with Crippen LogP contribution < -0.4 is 0 Å².